The molecule has 0 saturated heterocycles. The molecule has 0 aliphatic heterocycles. The van der Waals surface area contributed by atoms with Crippen molar-refractivity contribution in [3.8, 4) is 5.75 Å². The van der Waals surface area contributed by atoms with Crippen molar-refractivity contribution in [2.75, 3.05) is 18.6 Å². The van der Waals surface area contributed by atoms with Gasteiger partial charge in [-0.3, -0.25) is 4.55 Å². The molecule has 0 saturated carbocycles. The van der Waals surface area contributed by atoms with Gasteiger partial charge in [-0.05, 0) is 43.4 Å². The van der Waals surface area contributed by atoms with E-state index in [1.165, 1.54) is 4.90 Å². The van der Waals surface area contributed by atoms with E-state index in [0.29, 0.717) is 19.4 Å². The molecular formula is C11H17NaO4S2. The third kappa shape index (κ3) is 8.39. The molecule has 0 heterocycles. The maximum absolute atomic E-state index is 10.4. The van der Waals surface area contributed by atoms with Crippen LogP contribution in [0, 0.1) is 0 Å². The topological polar surface area (TPSA) is 63.6 Å². The van der Waals surface area contributed by atoms with Crippen molar-refractivity contribution in [2.24, 2.45) is 0 Å². The smallest absolute Gasteiger partial charge is 1.00 e. The largest absolute Gasteiger partial charge is 1.00 e. The van der Waals surface area contributed by atoms with E-state index in [4.69, 9.17) is 9.29 Å². The van der Waals surface area contributed by atoms with Gasteiger partial charge < -0.3 is 6.16 Å². The van der Waals surface area contributed by atoms with Gasteiger partial charge in [0.15, 0.2) is 0 Å². The second-order valence-electron chi connectivity index (χ2n) is 3.52. The molecular weight excluding hydrogens is 283 g/mol. The van der Waals surface area contributed by atoms with E-state index in [0.717, 1.165) is 5.75 Å². The summed E-state index contributed by atoms with van der Waals surface area (Å²) in [5.74, 6) is 0.566. The third-order valence-electron chi connectivity index (χ3n) is 2.12. The molecule has 0 bridgehead atoms. The first-order valence-electron chi connectivity index (χ1n) is 5.23. The fourth-order valence-corrected chi connectivity index (χ4v) is 2.23. The molecule has 1 N–H and O–H groups in total. The summed E-state index contributed by atoms with van der Waals surface area (Å²) in [6.07, 6.45) is 3.01. The van der Waals surface area contributed by atoms with Gasteiger partial charge in [0.1, 0.15) is 5.75 Å². The van der Waals surface area contributed by atoms with Crippen LogP contribution in [0.2, 0.25) is 0 Å². The predicted molar refractivity (Wildman–Crippen MR) is 70.5 cm³/mol. The first-order chi connectivity index (χ1) is 8.01. The van der Waals surface area contributed by atoms with Crippen molar-refractivity contribution in [2.45, 2.75) is 17.7 Å². The zero-order valence-electron chi connectivity index (χ0n) is 11.6. The summed E-state index contributed by atoms with van der Waals surface area (Å²) in [6, 6.07) is 7.71. The molecule has 0 fully saturated rings. The van der Waals surface area contributed by atoms with Gasteiger partial charge in [-0.15, -0.1) is 11.8 Å². The number of rotatable bonds is 7. The van der Waals surface area contributed by atoms with Gasteiger partial charge in [-0.2, -0.15) is 8.42 Å². The Hall–Kier alpha value is 0.280. The SMILES string of the molecule is CSc1ccc(OCCCCS(=O)(=O)O)cc1.[H-].[Na+]. The molecule has 0 aliphatic rings. The van der Waals surface area contributed by atoms with Crippen LogP contribution in [0.4, 0.5) is 0 Å². The van der Waals surface area contributed by atoms with Crippen molar-refractivity contribution >= 4 is 21.9 Å². The molecule has 0 spiro atoms. The molecule has 1 aromatic carbocycles. The van der Waals surface area contributed by atoms with E-state index in [1.54, 1.807) is 11.8 Å². The fraction of sp³-hybridized carbons (Fsp3) is 0.455. The van der Waals surface area contributed by atoms with Crippen molar-refractivity contribution in [1.82, 2.24) is 0 Å². The number of unbranched alkanes of at least 4 members (excludes halogenated alkanes) is 1. The van der Waals surface area contributed by atoms with Gasteiger partial charge in [0.25, 0.3) is 10.1 Å². The van der Waals surface area contributed by atoms with E-state index in [9.17, 15) is 8.42 Å². The van der Waals surface area contributed by atoms with Gasteiger partial charge in [0, 0.05) is 4.90 Å². The van der Waals surface area contributed by atoms with Crippen LogP contribution in [0.3, 0.4) is 0 Å². The summed E-state index contributed by atoms with van der Waals surface area (Å²) in [5, 5.41) is 0. The molecule has 0 atom stereocenters. The number of ether oxygens (including phenoxy) is 1. The first kappa shape index (κ1) is 18.3. The number of hydrogen-bond donors (Lipinski definition) is 1. The molecule has 0 amide bonds. The summed E-state index contributed by atoms with van der Waals surface area (Å²) in [5.41, 5.74) is 0. The van der Waals surface area contributed by atoms with Crippen LogP contribution in [-0.4, -0.2) is 31.6 Å². The van der Waals surface area contributed by atoms with Crippen molar-refractivity contribution in [3.63, 3.8) is 0 Å². The van der Waals surface area contributed by atoms with E-state index in [2.05, 4.69) is 0 Å². The number of benzene rings is 1. The van der Waals surface area contributed by atoms with Crippen molar-refractivity contribution in [1.29, 1.82) is 0 Å². The molecule has 7 heteroatoms. The summed E-state index contributed by atoms with van der Waals surface area (Å²) in [4.78, 5) is 1.17. The van der Waals surface area contributed by atoms with Gasteiger partial charge in [0.2, 0.25) is 0 Å². The van der Waals surface area contributed by atoms with Gasteiger partial charge >= 0.3 is 29.6 Å². The van der Waals surface area contributed by atoms with Crippen LogP contribution in [0.15, 0.2) is 29.2 Å². The summed E-state index contributed by atoms with van der Waals surface area (Å²) < 4.78 is 34.8. The molecule has 0 aliphatic carbocycles. The Kier molecular flexibility index (Phi) is 9.37. The van der Waals surface area contributed by atoms with E-state index < -0.39 is 10.1 Å². The minimum Gasteiger partial charge on any atom is -1.00 e. The Morgan fingerprint density at radius 2 is 1.89 bits per heavy atom. The maximum atomic E-state index is 10.4. The third-order valence-corrected chi connectivity index (χ3v) is 3.67. The Balaban J connectivity index is 0. The van der Waals surface area contributed by atoms with E-state index >= 15 is 0 Å². The second kappa shape index (κ2) is 9.23. The molecule has 0 unspecified atom stereocenters. The average molecular weight is 300 g/mol. The van der Waals surface area contributed by atoms with Crippen molar-refractivity contribution in [3.05, 3.63) is 24.3 Å². The minimum atomic E-state index is -3.84. The number of hydrogen-bond acceptors (Lipinski definition) is 4. The van der Waals surface area contributed by atoms with Crippen LogP contribution < -0.4 is 34.3 Å². The fourth-order valence-electron chi connectivity index (χ4n) is 1.25. The Morgan fingerprint density at radius 1 is 1.28 bits per heavy atom. The molecule has 1 rings (SSSR count). The van der Waals surface area contributed by atoms with Gasteiger partial charge in [-0.1, -0.05) is 0 Å². The van der Waals surface area contributed by atoms with Gasteiger partial charge in [0.05, 0.1) is 12.4 Å². The molecule has 0 radical (unpaired) electrons. The van der Waals surface area contributed by atoms with Gasteiger partial charge in [-0.25, -0.2) is 0 Å². The second-order valence-corrected chi connectivity index (χ2v) is 5.97. The molecule has 0 aromatic heterocycles. The molecule has 18 heavy (non-hydrogen) atoms. The summed E-state index contributed by atoms with van der Waals surface area (Å²) >= 11 is 1.66. The molecule has 98 valence electrons. The Labute approximate surface area is 136 Å². The average Bonchev–Trinajstić information content (AvgIpc) is 2.28. The summed E-state index contributed by atoms with van der Waals surface area (Å²) in [6.45, 7) is 0.453. The zero-order valence-corrected chi connectivity index (χ0v) is 14.3. The summed E-state index contributed by atoms with van der Waals surface area (Å²) in [7, 11) is -3.84. The van der Waals surface area contributed by atoms with Crippen LogP contribution >= 0.6 is 11.8 Å². The normalized spacial score (nSPS) is 10.8. The first-order valence-corrected chi connectivity index (χ1v) is 8.07. The number of thioether (sulfide) groups is 1. The standard InChI is InChI=1S/C11H16O4S2.Na.H/c1-16-11-6-4-10(5-7-11)15-8-2-3-9-17(12,13)14;;/h4-7H,2-3,8-9H2,1H3,(H,12,13,14);;/q;+1;-1. The maximum Gasteiger partial charge on any atom is 1.00 e. The van der Waals surface area contributed by atoms with Crippen LogP contribution in [0.25, 0.3) is 0 Å². The Bertz CT molecular complexity index is 437. The van der Waals surface area contributed by atoms with E-state index in [-0.39, 0.29) is 36.7 Å². The monoisotopic (exact) mass is 300 g/mol. The van der Waals surface area contributed by atoms with E-state index in [1.807, 2.05) is 30.5 Å². The quantitative estimate of drug-likeness (QED) is 0.320. The molecule has 1 aromatic rings. The molecule has 4 nitrogen and oxygen atoms in total. The minimum absolute atomic E-state index is 0. The zero-order chi connectivity index (χ0) is 12.7. The van der Waals surface area contributed by atoms with Crippen LogP contribution in [-0.2, 0) is 10.1 Å². The van der Waals surface area contributed by atoms with Crippen LogP contribution in [0.1, 0.15) is 14.3 Å². The Morgan fingerprint density at radius 3 is 2.39 bits per heavy atom. The van der Waals surface area contributed by atoms with Crippen molar-refractivity contribution < 1.29 is 48.7 Å². The predicted octanol–water partition coefficient (Wildman–Crippen LogP) is -0.428. The van der Waals surface area contributed by atoms with Crippen LogP contribution in [0.5, 0.6) is 5.75 Å².